The number of amides is 1. The maximum Gasteiger partial charge on any atom is 0.258 e. The summed E-state index contributed by atoms with van der Waals surface area (Å²) in [5.74, 6) is 1.23. The van der Waals surface area contributed by atoms with Crippen LogP contribution in [-0.2, 0) is 16.8 Å². The normalized spacial score (nSPS) is 19.2. The quantitative estimate of drug-likeness (QED) is 0.773. The Bertz CT molecular complexity index is 860. The van der Waals surface area contributed by atoms with E-state index < -0.39 is 5.60 Å². The summed E-state index contributed by atoms with van der Waals surface area (Å²) in [7, 11) is 0. The van der Waals surface area contributed by atoms with Gasteiger partial charge >= 0.3 is 0 Å². The molecule has 5 heteroatoms. The van der Waals surface area contributed by atoms with E-state index in [-0.39, 0.29) is 30.6 Å². The number of carbonyl (C=O) groups is 1. The van der Waals surface area contributed by atoms with Crippen molar-refractivity contribution in [2.75, 3.05) is 13.2 Å². The third-order valence-corrected chi connectivity index (χ3v) is 5.50. The zero-order valence-electron chi connectivity index (χ0n) is 16.4. The molecule has 28 heavy (non-hydrogen) atoms. The van der Waals surface area contributed by atoms with E-state index in [2.05, 4.69) is 5.32 Å². The highest BCUT2D eigenvalue weighted by Gasteiger charge is 2.45. The molecule has 0 saturated heterocycles. The molecule has 2 aromatic carbocycles. The maximum atomic E-state index is 12.4. The van der Waals surface area contributed by atoms with E-state index in [0.29, 0.717) is 5.75 Å². The fraction of sp³-hybridized carbons (Fsp3) is 0.435. The van der Waals surface area contributed by atoms with Crippen molar-refractivity contribution in [1.29, 1.82) is 0 Å². The molecule has 2 aliphatic rings. The van der Waals surface area contributed by atoms with Crippen LogP contribution in [0.5, 0.6) is 11.5 Å². The number of carbonyl (C=O) groups excluding carboxylic acids is 1. The van der Waals surface area contributed by atoms with E-state index in [1.165, 1.54) is 0 Å². The van der Waals surface area contributed by atoms with Crippen LogP contribution < -0.4 is 14.8 Å². The summed E-state index contributed by atoms with van der Waals surface area (Å²) in [5, 5.41) is 14.0. The van der Waals surface area contributed by atoms with Crippen molar-refractivity contribution in [1.82, 2.24) is 5.32 Å². The molecule has 0 radical (unpaired) electrons. The van der Waals surface area contributed by atoms with Crippen LogP contribution >= 0.6 is 0 Å². The molecular weight excluding hydrogens is 354 g/mol. The molecule has 148 valence electrons. The summed E-state index contributed by atoms with van der Waals surface area (Å²) < 4.78 is 11.7. The van der Waals surface area contributed by atoms with Crippen molar-refractivity contribution in [3.8, 4) is 11.5 Å². The minimum atomic E-state index is -1.03. The summed E-state index contributed by atoms with van der Waals surface area (Å²) >= 11 is 0. The van der Waals surface area contributed by atoms with Crippen molar-refractivity contribution in [3.63, 3.8) is 0 Å². The summed E-state index contributed by atoms with van der Waals surface area (Å²) in [4.78, 5) is 12.4. The minimum Gasteiger partial charge on any atom is -0.483 e. The van der Waals surface area contributed by atoms with Crippen LogP contribution in [0.1, 0.15) is 37.8 Å². The van der Waals surface area contributed by atoms with E-state index >= 15 is 0 Å². The SMILES string of the molecule is CC1(C)Cc2cccc(OCC(=O)NCC(O)(c3ccccc3)C3CC3)c2O1. The predicted molar refractivity (Wildman–Crippen MR) is 106 cm³/mol. The number of hydrogen-bond acceptors (Lipinski definition) is 4. The Hall–Kier alpha value is -2.53. The van der Waals surface area contributed by atoms with Crippen molar-refractivity contribution in [2.24, 2.45) is 5.92 Å². The van der Waals surface area contributed by atoms with Gasteiger partial charge < -0.3 is 19.9 Å². The van der Waals surface area contributed by atoms with Crippen LogP contribution in [0.4, 0.5) is 0 Å². The predicted octanol–water partition coefficient (Wildman–Crippen LogP) is 3.19. The molecule has 1 aliphatic carbocycles. The molecule has 1 fully saturated rings. The van der Waals surface area contributed by atoms with Gasteiger partial charge in [-0.2, -0.15) is 0 Å². The van der Waals surface area contributed by atoms with Gasteiger partial charge in [0.25, 0.3) is 5.91 Å². The van der Waals surface area contributed by atoms with Crippen LogP contribution in [0.3, 0.4) is 0 Å². The second-order valence-electron chi connectivity index (χ2n) is 8.41. The van der Waals surface area contributed by atoms with Gasteiger partial charge in [0, 0.05) is 12.0 Å². The Morgan fingerprint density at radius 2 is 1.96 bits per heavy atom. The maximum absolute atomic E-state index is 12.4. The molecule has 0 bridgehead atoms. The minimum absolute atomic E-state index is 0.115. The summed E-state index contributed by atoms with van der Waals surface area (Å²) in [6.45, 7) is 4.13. The van der Waals surface area contributed by atoms with E-state index in [4.69, 9.17) is 9.47 Å². The first-order valence-electron chi connectivity index (χ1n) is 9.86. The Morgan fingerprint density at radius 3 is 2.68 bits per heavy atom. The Labute approximate surface area is 165 Å². The van der Waals surface area contributed by atoms with E-state index in [0.717, 1.165) is 36.1 Å². The van der Waals surface area contributed by atoms with Gasteiger partial charge in [0.15, 0.2) is 18.1 Å². The molecule has 0 aromatic heterocycles. The molecule has 0 spiro atoms. The van der Waals surface area contributed by atoms with Crippen molar-refractivity contribution >= 4 is 5.91 Å². The molecule has 1 amide bonds. The van der Waals surface area contributed by atoms with Crippen molar-refractivity contribution in [3.05, 3.63) is 59.7 Å². The molecule has 1 aliphatic heterocycles. The second-order valence-corrected chi connectivity index (χ2v) is 8.41. The molecule has 1 atom stereocenters. The van der Waals surface area contributed by atoms with Crippen LogP contribution in [0.2, 0.25) is 0 Å². The molecule has 4 rings (SSSR count). The number of ether oxygens (including phenoxy) is 2. The van der Waals surface area contributed by atoms with Crippen molar-refractivity contribution in [2.45, 2.75) is 44.3 Å². The molecule has 1 heterocycles. The van der Waals surface area contributed by atoms with Gasteiger partial charge in [0.2, 0.25) is 0 Å². The topological polar surface area (TPSA) is 67.8 Å². The van der Waals surface area contributed by atoms with E-state index in [1.54, 1.807) is 0 Å². The Balaban J connectivity index is 1.36. The first-order chi connectivity index (χ1) is 13.4. The van der Waals surface area contributed by atoms with Gasteiger partial charge in [-0.15, -0.1) is 0 Å². The van der Waals surface area contributed by atoms with Gasteiger partial charge in [-0.05, 0) is 44.2 Å². The lowest BCUT2D eigenvalue weighted by Crippen LogP contribution is -2.43. The van der Waals surface area contributed by atoms with Gasteiger partial charge in [-0.1, -0.05) is 42.5 Å². The summed E-state index contributed by atoms with van der Waals surface area (Å²) in [6.07, 6.45) is 2.76. The van der Waals surface area contributed by atoms with Gasteiger partial charge in [-0.25, -0.2) is 0 Å². The first-order valence-corrected chi connectivity index (χ1v) is 9.86. The second kappa shape index (κ2) is 7.13. The molecule has 2 aromatic rings. The van der Waals surface area contributed by atoms with Crippen LogP contribution in [-0.4, -0.2) is 29.8 Å². The fourth-order valence-electron chi connectivity index (χ4n) is 3.90. The van der Waals surface area contributed by atoms with E-state index in [1.807, 2.05) is 62.4 Å². The van der Waals surface area contributed by atoms with Crippen LogP contribution in [0, 0.1) is 5.92 Å². The molecule has 5 nitrogen and oxygen atoms in total. The largest absolute Gasteiger partial charge is 0.483 e. The lowest BCUT2D eigenvalue weighted by atomic mass is 9.88. The van der Waals surface area contributed by atoms with Crippen molar-refractivity contribution < 1.29 is 19.4 Å². The van der Waals surface area contributed by atoms with Gasteiger partial charge in [-0.3, -0.25) is 4.79 Å². The van der Waals surface area contributed by atoms with Gasteiger partial charge in [0.05, 0.1) is 6.54 Å². The molecule has 2 N–H and O–H groups in total. The van der Waals surface area contributed by atoms with Crippen LogP contribution in [0.15, 0.2) is 48.5 Å². The highest BCUT2D eigenvalue weighted by atomic mass is 16.5. The summed E-state index contributed by atoms with van der Waals surface area (Å²) in [6, 6.07) is 15.3. The lowest BCUT2D eigenvalue weighted by molar-refractivity contribution is -0.124. The highest BCUT2D eigenvalue weighted by molar-refractivity contribution is 5.77. The zero-order chi connectivity index (χ0) is 19.8. The Morgan fingerprint density at radius 1 is 1.21 bits per heavy atom. The van der Waals surface area contributed by atoms with Gasteiger partial charge in [0.1, 0.15) is 11.2 Å². The number of hydrogen-bond donors (Lipinski definition) is 2. The molecular formula is C23H27NO4. The Kier molecular flexibility index (Phi) is 4.79. The smallest absolute Gasteiger partial charge is 0.258 e. The number of rotatable bonds is 7. The average Bonchev–Trinajstić information content (AvgIpc) is 3.48. The number of aliphatic hydroxyl groups is 1. The zero-order valence-corrected chi connectivity index (χ0v) is 16.4. The highest BCUT2D eigenvalue weighted by Crippen LogP contribution is 2.45. The average molecular weight is 381 g/mol. The lowest BCUT2D eigenvalue weighted by Gasteiger charge is -2.29. The molecule has 1 unspecified atom stereocenters. The molecule has 1 saturated carbocycles. The van der Waals surface area contributed by atoms with E-state index in [9.17, 15) is 9.90 Å². The number of benzene rings is 2. The third kappa shape index (κ3) is 3.85. The number of nitrogens with one attached hydrogen (secondary N) is 1. The third-order valence-electron chi connectivity index (χ3n) is 5.50. The number of para-hydroxylation sites is 1. The summed E-state index contributed by atoms with van der Waals surface area (Å²) in [5.41, 5.74) is 0.642. The monoisotopic (exact) mass is 381 g/mol. The fourth-order valence-corrected chi connectivity index (χ4v) is 3.90. The standard InChI is InChI=1S/C23H27NO4/c1-22(2)13-16-7-6-10-19(21(16)28-22)27-14-20(25)24-15-23(26,18-11-12-18)17-8-4-3-5-9-17/h3-10,18,26H,11-15H2,1-2H3,(H,24,25). The number of fused-ring (bicyclic) bond motifs is 1. The van der Waals surface area contributed by atoms with Crippen LogP contribution in [0.25, 0.3) is 0 Å². The first kappa shape index (κ1) is 18.8.